The van der Waals surface area contributed by atoms with E-state index in [2.05, 4.69) is 9.97 Å². The van der Waals surface area contributed by atoms with Gasteiger partial charge in [-0.15, -0.1) is 11.3 Å². The Morgan fingerprint density at radius 1 is 1.48 bits per heavy atom. The molecule has 0 saturated carbocycles. The Bertz CT molecular complexity index is 660. The van der Waals surface area contributed by atoms with Crippen molar-refractivity contribution in [3.63, 3.8) is 0 Å². The van der Waals surface area contributed by atoms with Crippen LogP contribution in [0.1, 0.15) is 16.7 Å². The summed E-state index contributed by atoms with van der Waals surface area (Å²) in [6.07, 6.45) is 1.99. The number of thiophene rings is 1. The monoisotopic (exact) mass is 332 g/mol. The molecule has 3 heterocycles. The van der Waals surface area contributed by atoms with E-state index < -0.39 is 0 Å². The fraction of sp³-hybridized carbons (Fsp3) is 0.438. The Hall–Kier alpha value is -1.99. The van der Waals surface area contributed by atoms with E-state index in [4.69, 9.17) is 4.74 Å². The zero-order valence-corrected chi connectivity index (χ0v) is 14.1. The molecule has 23 heavy (non-hydrogen) atoms. The van der Waals surface area contributed by atoms with Crippen molar-refractivity contribution in [1.29, 1.82) is 0 Å². The van der Waals surface area contributed by atoms with E-state index >= 15 is 0 Å². The lowest BCUT2D eigenvalue weighted by Gasteiger charge is -2.32. The first-order valence-electron chi connectivity index (χ1n) is 7.55. The van der Waals surface area contributed by atoms with Crippen LogP contribution in [0.2, 0.25) is 0 Å². The van der Waals surface area contributed by atoms with Gasteiger partial charge in [-0.25, -0.2) is 9.97 Å². The summed E-state index contributed by atoms with van der Waals surface area (Å²) in [5.41, 5.74) is 0.817. The summed E-state index contributed by atoms with van der Waals surface area (Å²) in [6.45, 7) is 1.70. The third kappa shape index (κ3) is 3.86. The first kappa shape index (κ1) is 15.9. The number of anilines is 1. The highest BCUT2D eigenvalue weighted by Gasteiger charge is 2.26. The zero-order chi connectivity index (χ0) is 16.2. The number of carbonyl (C=O) groups is 1. The molecule has 0 N–H and O–H groups in total. The maximum atomic E-state index is 12.5. The number of carbonyl (C=O) groups excluding carboxylic acids is 1. The number of hydrogen-bond acceptors (Lipinski definition) is 6. The van der Waals surface area contributed by atoms with Crippen LogP contribution in [-0.2, 0) is 16.0 Å². The van der Waals surface area contributed by atoms with E-state index in [1.165, 1.54) is 0 Å². The van der Waals surface area contributed by atoms with Gasteiger partial charge in [0.15, 0.2) is 0 Å². The number of aromatic nitrogens is 2. The van der Waals surface area contributed by atoms with Gasteiger partial charge in [0.25, 0.3) is 0 Å². The molecule has 1 aliphatic heterocycles. The minimum absolute atomic E-state index is 0.141. The highest BCUT2D eigenvalue weighted by molar-refractivity contribution is 7.10. The van der Waals surface area contributed by atoms with E-state index in [0.29, 0.717) is 32.1 Å². The number of ether oxygens (including phenoxy) is 1. The van der Waals surface area contributed by atoms with Gasteiger partial charge in [-0.3, -0.25) is 4.79 Å². The summed E-state index contributed by atoms with van der Waals surface area (Å²) in [5.74, 6) is 0.788. The molecule has 0 bridgehead atoms. The van der Waals surface area contributed by atoms with Gasteiger partial charge < -0.3 is 14.5 Å². The molecule has 3 rings (SSSR count). The number of morpholine rings is 1. The lowest BCUT2D eigenvalue weighted by Crippen LogP contribution is -2.43. The van der Waals surface area contributed by atoms with Gasteiger partial charge in [0.2, 0.25) is 11.9 Å². The fourth-order valence-electron chi connectivity index (χ4n) is 2.49. The maximum Gasteiger partial charge on any atom is 0.228 e. The molecule has 0 radical (unpaired) electrons. The van der Waals surface area contributed by atoms with E-state index in [9.17, 15) is 4.79 Å². The molecule has 2 aromatic heterocycles. The highest BCUT2D eigenvalue weighted by Crippen LogP contribution is 2.22. The van der Waals surface area contributed by atoms with E-state index in [0.717, 1.165) is 10.6 Å². The minimum Gasteiger partial charge on any atom is -0.368 e. The normalized spacial score (nSPS) is 18.0. The molecule has 6 nitrogen and oxygen atoms in total. The van der Waals surface area contributed by atoms with Crippen molar-refractivity contribution in [3.05, 3.63) is 40.3 Å². The Labute approximate surface area is 139 Å². The molecule has 0 spiro atoms. The largest absolute Gasteiger partial charge is 0.368 e. The summed E-state index contributed by atoms with van der Waals surface area (Å²) in [6, 6.07) is 5.82. The lowest BCUT2D eigenvalue weighted by atomic mass is 10.2. The van der Waals surface area contributed by atoms with Gasteiger partial charge >= 0.3 is 0 Å². The van der Waals surface area contributed by atoms with E-state index in [-0.39, 0.29) is 12.0 Å². The van der Waals surface area contributed by atoms with Crippen molar-refractivity contribution in [2.75, 3.05) is 38.7 Å². The number of amides is 1. The van der Waals surface area contributed by atoms with Gasteiger partial charge in [-0.1, -0.05) is 6.07 Å². The maximum absolute atomic E-state index is 12.5. The standard InChI is InChI=1S/C16H20N4O2S/c1-19(2)16-17-6-5-13(18-16)14-11-20(7-8-22-14)15(21)10-12-4-3-9-23-12/h3-6,9,14H,7-8,10-11H2,1-2H3. The Morgan fingerprint density at radius 2 is 2.35 bits per heavy atom. The molecule has 0 aliphatic carbocycles. The average Bonchev–Trinajstić information content (AvgIpc) is 3.08. The van der Waals surface area contributed by atoms with E-state index in [1.54, 1.807) is 17.5 Å². The minimum atomic E-state index is -0.197. The molecule has 2 aromatic rings. The second-order valence-corrected chi connectivity index (χ2v) is 6.66. The molecule has 1 amide bonds. The van der Waals surface area contributed by atoms with Crippen LogP contribution in [0.3, 0.4) is 0 Å². The summed E-state index contributed by atoms with van der Waals surface area (Å²) in [7, 11) is 3.80. The van der Waals surface area contributed by atoms with Crippen molar-refractivity contribution < 1.29 is 9.53 Å². The van der Waals surface area contributed by atoms with Gasteiger partial charge in [-0.05, 0) is 17.5 Å². The predicted octanol–water partition coefficient (Wildman–Crippen LogP) is 1.75. The highest BCUT2D eigenvalue weighted by atomic mass is 32.1. The number of hydrogen-bond donors (Lipinski definition) is 0. The molecule has 1 aliphatic rings. The Balaban J connectivity index is 1.68. The third-order valence-corrected chi connectivity index (χ3v) is 4.60. The fourth-order valence-corrected chi connectivity index (χ4v) is 3.18. The van der Waals surface area contributed by atoms with Crippen LogP contribution in [0.5, 0.6) is 0 Å². The summed E-state index contributed by atoms with van der Waals surface area (Å²) < 4.78 is 5.81. The van der Waals surface area contributed by atoms with Gasteiger partial charge in [0.1, 0.15) is 6.10 Å². The molecule has 1 unspecified atom stereocenters. The van der Waals surface area contributed by atoms with Crippen molar-refractivity contribution in [3.8, 4) is 0 Å². The Kier molecular flexibility index (Phi) is 4.88. The van der Waals surface area contributed by atoms with Crippen molar-refractivity contribution >= 4 is 23.2 Å². The molecule has 122 valence electrons. The predicted molar refractivity (Wildman–Crippen MR) is 89.7 cm³/mol. The zero-order valence-electron chi connectivity index (χ0n) is 13.3. The van der Waals surface area contributed by atoms with Crippen LogP contribution in [0.25, 0.3) is 0 Å². The van der Waals surface area contributed by atoms with Crippen LogP contribution < -0.4 is 4.90 Å². The lowest BCUT2D eigenvalue weighted by molar-refractivity contribution is -0.138. The molecular weight excluding hydrogens is 312 g/mol. The molecule has 1 fully saturated rings. The van der Waals surface area contributed by atoms with Gasteiger partial charge in [-0.2, -0.15) is 0 Å². The van der Waals surface area contributed by atoms with Gasteiger partial charge in [0, 0.05) is 31.7 Å². The third-order valence-electron chi connectivity index (χ3n) is 3.72. The van der Waals surface area contributed by atoms with Crippen molar-refractivity contribution in [2.45, 2.75) is 12.5 Å². The van der Waals surface area contributed by atoms with Crippen molar-refractivity contribution in [1.82, 2.24) is 14.9 Å². The first-order chi connectivity index (χ1) is 11.1. The van der Waals surface area contributed by atoms with Gasteiger partial charge in [0.05, 0.1) is 25.3 Å². The topological polar surface area (TPSA) is 58.6 Å². The summed E-state index contributed by atoms with van der Waals surface area (Å²) in [4.78, 5) is 26.0. The molecule has 1 atom stereocenters. The van der Waals surface area contributed by atoms with Crippen LogP contribution >= 0.6 is 11.3 Å². The SMILES string of the molecule is CN(C)c1nccc(C2CN(C(=O)Cc3cccs3)CCO2)n1. The molecular formula is C16H20N4O2S. The van der Waals surface area contributed by atoms with Crippen LogP contribution in [0, 0.1) is 0 Å². The van der Waals surface area contributed by atoms with Crippen LogP contribution in [-0.4, -0.2) is 54.6 Å². The second-order valence-electron chi connectivity index (χ2n) is 5.63. The van der Waals surface area contributed by atoms with Crippen LogP contribution in [0.15, 0.2) is 29.8 Å². The van der Waals surface area contributed by atoms with Crippen LogP contribution in [0.4, 0.5) is 5.95 Å². The number of rotatable bonds is 4. The van der Waals surface area contributed by atoms with Crippen molar-refractivity contribution in [2.24, 2.45) is 0 Å². The smallest absolute Gasteiger partial charge is 0.228 e. The average molecular weight is 332 g/mol. The number of nitrogens with zero attached hydrogens (tertiary/aromatic N) is 4. The molecule has 7 heteroatoms. The summed E-state index contributed by atoms with van der Waals surface area (Å²) >= 11 is 1.61. The molecule has 1 saturated heterocycles. The quantitative estimate of drug-likeness (QED) is 0.854. The summed E-state index contributed by atoms with van der Waals surface area (Å²) in [5, 5.41) is 1.99. The van der Waals surface area contributed by atoms with E-state index in [1.807, 2.05) is 47.5 Å². The second kappa shape index (κ2) is 7.06. The Morgan fingerprint density at radius 3 is 3.09 bits per heavy atom. The first-order valence-corrected chi connectivity index (χ1v) is 8.43. The molecule has 0 aromatic carbocycles.